The molecule has 0 saturated heterocycles. The third-order valence-electron chi connectivity index (χ3n) is 7.55. The Bertz CT molecular complexity index is 1320. The monoisotopic (exact) mass is 548 g/mol. The van der Waals surface area contributed by atoms with Gasteiger partial charge in [-0.2, -0.15) is 0 Å². The zero-order valence-corrected chi connectivity index (χ0v) is 25.1. The molecule has 0 fully saturated rings. The van der Waals surface area contributed by atoms with Crippen LogP contribution in [0.15, 0.2) is 127 Å². The Hall–Kier alpha value is -3.48. The summed E-state index contributed by atoms with van der Waals surface area (Å²) < 4.78 is 6.25. The van der Waals surface area contributed by atoms with E-state index in [1.54, 1.807) is 0 Å². The molecule has 2 nitrogen and oxygen atoms in total. The molecule has 40 heavy (non-hydrogen) atoms. The molecule has 0 spiro atoms. The zero-order valence-electron chi connectivity index (χ0n) is 24.2. The molecule has 1 aliphatic rings. The minimum absolute atomic E-state index is 0.211. The summed E-state index contributed by atoms with van der Waals surface area (Å²) in [7, 11) is -0.820. The van der Waals surface area contributed by atoms with Crippen molar-refractivity contribution >= 4 is 35.4 Å². The van der Waals surface area contributed by atoms with E-state index in [9.17, 15) is 4.79 Å². The number of allylic oxidation sites excluding steroid dienone is 2. The van der Waals surface area contributed by atoms with Gasteiger partial charge in [-0.15, -0.1) is 0 Å². The Morgan fingerprint density at radius 3 is 1.80 bits per heavy atom. The van der Waals surface area contributed by atoms with E-state index < -0.39 is 13.8 Å². The van der Waals surface area contributed by atoms with Crippen LogP contribution in [0.3, 0.4) is 0 Å². The predicted molar refractivity (Wildman–Crippen MR) is 173 cm³/mol. The fraction of sp³-hybridized carbons (Fsp3) is 0.270. The van der Waals surface area contributed by atoms with Gasteiger partial charge in [-0.25, -0.2) is 0 Å². The van der Waals surface area contributed by atoms with Crippen molar-refractivity contribution in [3.05, 3.63) is 133 Å². The first-order valence-electron chi connectivity index (χ1n) is 14.2. The van der Waals surface area contributed by atoms with Crippen molar-refractivity contribution in [1.29, 1.82) is 0 Å². The number of ether oxygens (including phenoxy) is 1. The van der Waals surface area contributed by atoms with Crippen LogP contribution in [-0.4, -0.2) is 12.1 Å². The van der Waals surface area contributed by atoms with Crippen LogP contribution in [0.25, 0.3) is 5.57 Å². The van der Waals surface area contributed by atoms with E-state index >= 15 is 0 Å². The summed E-state index contributed by atoms with van der Waals surface area (Å²) in [6.07, 6.45) is 7.05. The Labute approximate surface area is 241 Å². The number of carbonyl (C=O) groups is 1. The van der Waals surface area contributed by atoms with E-state index in [-0.39, 0.29) is 12.1 Å². The Morgan fingerprint density at radius 2 is 1.27 bits per heavy atom. The van der Waals surface area contributed by atoms with Crippen molar-refractivity contribution < 1.29 is 9.53 Å². The predicted octanol–water partition coefficient (Wildman–Crippen LogP) is 8.13. The number of hydrogen-bond acceptors (Lipinski definition) is 2. The van der Waals surface area contributed by atoms with Gasteiger partial charge in [-0.3, -0.25) is 4.79 Å². The lowest BCUT2D eigenvalue weighted by atomic mass is 9.92. The molecule has 3 heteroatoms. The molecule has 0 amide bonds. The first-order chi connectivity index (χ1) is 19.3. The van der Waals surface area contributed by atoms with Crippen LogP contribution in [0.2, 0.25) is 0 Å². The summed E-state index contributed by atoms with van der Waals surface area (Å²) in [5.74, 6) is -0.00163. The minimum Gasteiger partial charge on any atom is -0.461 e. The molecule has 3 aromatic carbocycles. The van der Waals surface area contributed by atoms with Gasteiger partial charge in [-0.1, -0.05) is 155 Å². The van der Waals surface area contributed by atoms with Gasteiger partial charge in [0.2, 0.25) is 0 Å². The van der Waals surface area contributed by atoms with E-state index in [2.05, 4.69) is 132 Å². The summed E-state index contributed by atoms with van der Waals surface area (Å²) in [6, 6.07) is 29.9. The summed E-state index contributed by atoms with van der Waals surface area (Å²) in [5, 5.41) is 3.79. The van der Waals surface area contributed by atoms with Crippen LogP contribution in [0.1, 0.15) is 46.1 Å². The smallest absolute Gasteiger partial charge is 0.317 e. The summed E-state index contributed by atoms with van der Waals surface area (Å²) in [4.78, 5) is 13.8. The molecule has 4 rings (SSSR count). The number of hydrogen-bond donors (Lipinski definition) is 0. The lowest BCUT2D eigenvalue weighted by Gasteiger charge is -2.26. The molecule has 0 aliphatic heterocycles. The van der Waals surface area contributed by atoms with Gasteiger partial charge in [-0.05, 0) is 46.8 Å². The zero-order chi connectivity index (χ0) is 28.6. The van der Waals surface area contributed by atoms with Crippen LogP contribution < -0.4 is 15.9 Å². The van der Waals surface area contributed by atoms with Gasteiger partial charge in [0.25, 0.3) is 0 Å². The highest BCUT2D eigenvalue weighted by atomic mass is 31.1. The lowest BCUT2D eigenvalue weighted by Crippen LogP contribution is -2.27. The maximum absolute atomic E-state index is 13.8. The maximum atomic E-state index is 13.8. The number of benzene rings is 3. The van der Waals surface area contributed by atoms with Crippen molar-refractivity contribution in [1.82, 2.24) is 0 Å². The third-order valence-corrected chi connectivity index (χ3v) is 10.0. The molecule has 0 aromatic heterocycles. The van der Waals surface area contributed by atoms with Crippen LogP contribution >= 0.6 is 7.92 Å². The molecular formula is C37H41O2P. The van der Waals surface area contributed by atoms with E-state index in [0.717, 1.165) is 22.3 Å². The molecule has 1 atom stereocenters. The second-order valence-electron chi connectivity index (χ2n) is 11.1. The Morgan fingerprint density at radius 1 is 0.775 bits per heavy atom. The lowest BCUT2D eigenvalue weighted by molar-refractivity contribution is -0.150. The first kappa shape index (κ1) is 29.5. The van der Waals surface area contributed by atoms with Crippen LogP contribution in [0, 0.1) is 17.8 Å². The van der Waals surface area contributed by atoms with Gasteiger partial charge in [0.05, 0.1) is 0 Å². The second-order valence-corrected chi connectivity index (χ2v) is 13.3. The Kier molecular flexibility index (Phi) is 10.1. The topological polar surface area (TPSA) is 26.3 Å². The highest BCUT2D eigenvalue weighted by molar-refractivity contribution is 7.80. The van der Waals surface area contributed by atoms with Crippen molar-refractivity contribution in [2.45, 2.75) is 46.6 Å². The average molecular weight is 549 g/mol. The first-order valence-corrected chi connectivity index (χ1v) is 15.5. The summed E-state index contributed by atoms with van der Waals surface area (Å²) in [6.45, 7) is 17.0. The Balaban J connectivity index is 1.66. The van der Waals surface area contributed by atoms with Crippen LogP contribution in [0.4, 0.5) is 0 Å². The van der Waals surface area contributed by atoms with E-state index in [1.165, 1.54) is 15.9 Å². The quantitative estimate of drug-likeness (QED) is 0.130. The van der Waals surface area contributed by atoms with Gasteiger partial charge < -0.3 is 4.74 Å². The largest absolute Gasteiger partial charge is 0.461 e. The summed E-state index contributed by atoms with van der Waals surface area (Å²) >= 11 is 0. The normalized spacial score (nSPS) is 14.7. The van der Waals surface area contributed by atoms with Gasteiger partial charge >= 0.3 is 5.97 Å². The van der Waals surface area contributed by atoms with Crippen LogP contribution in [-0.2, 0) is 9.53 Å². The fourth-order valence-electron chi connectivity index (χ4n) is 4.88. The highest BCUT2D eigenvalue weighted by Crippen LogP contribution is 2.39. The van der Waals surface area contributed by atoms with Crippen molar-refractivity contribution in [3.8, 4) is 0 Å². The minimum atomic E-state index is -0.820. The van der Waals surface area contributed by atoms with Crippen molar-refractivity contribution in [2.75, 3.05) is 0 Å². The molecule has 0 N–H and O–H groups in total. The molecule has 0 bridgehead atoms. The van der Waals surface area contributed by atoms with Gasteiger partial charge in [0.15, 0.2) is 0 Å². The fourth-order valence-corrected chi connectivity index (χ4v) is 7.36. The average Bonchev–Trinajstić information content (AvgIpc) is 3.44. The van der Waals surface area contributed by atoms with Crippen LogP contribution in [0.5, 0.6) is 0 Å². The van der Waals surface area contributed by atoms with Crippen molar-refractivity contribution in [3.63, 3.8) is 0 Å². The number of carbonyl (C=O) groups excluding carboxylic acids is 1. The third kappa shape index (κ3) is 7.18. The highest BCUT2D eigenvalue weighted by Gasteiger charge is 2.31. The van der Waals surface area contributed by atoms with E-state index in [1.807, 2.05) is 12.2 Å². The van der Waals surface area contributed by atoms with Crippen molar-refractivity contribution in [2.24, 2.45) is 17.8 Å². The van der Waals surface area contributed by atoms with E-state index in [4.69, 9.17) is 4.74 Å². The molecule has 1 unspecified atom stereocenters. The molecule has 206 valence electrons. The van der Waals surface area contributed by atoms with E-state index in [0.29, 0.717) is 24.7 Å². The summed E-state index contributed by atoms with van der Waals surface area (Å²) in [5.41, 5.74) is 4.27. The number of esters is 1. The molecule has 0 heterocycles. The molecule has 3 aromatic rings. The standard InChI is InChI=1S/C37H41O2P/c1-26(2)28(5)24-30(25-29(6)27(3)4)39-37(38)35-22-15-21-33(35)34-20-13-14-23-36(34)40(31-16-9-7-10-17-31)32-18-11-8-12-19-32/h7-23,26-27,30,35H,5-6,24-25H2,1-4H3. The SMILES string of the molecule is C=C(CC(CC(=C)C(C)C)OC(=O)C1C=CC=C1c1ccccc1P(c1ccccc1)c1ccccc1)C(C)C. The molecule has 1 aliphatic carbocycles. The molecule has 0 radical (unpaired) electrons. The second kappa shape index (κ2) is 13.7. The number of rotatable bonds is 12. The molecular weight excluding hydrogens is 507 g/mol. The van der Waals surface area contributed by atoms with Gasteiger partial charge in [0.1, 0.15) is 12.0 Å². The van der Waals surface area contributed by atoms with Gasteiger partial charge in [0, 0.05) is 12.8 Å². The molecule has 0 saturated carbocycles. The maximum Gasteiger partial charge on any atom is 0.317 e.